The van der Waals surface area contributed by atoms with Crippen LogP contribution in [0.5, 0.6) is 0 Å². The van der Waals surface area contributed by atoms with Crippen molar-refractivity contribution in [3.63, 3.8) is 0 Å². The Labute approximate surface area is 126 Å². The summed E-state index contributed by atoms with van der Waals surface area (Å²) in [5.74, 6) is 0.434. The molecule has 0 aliphatic carbocycles. The molecular formula is C16H13N5O. The summed E-state index contributed by atoms with van der Waals surface area (Å²) in [6, 6.07) is 13.4. The summed E-state index contributed by atoms with van der Waals surface area (Å²) in [4.78, 5) is 16.4. The molecule has 1 unspecified atom stereocenters. The zero-order valence-electron chi connectivity index (χ0n) is 11.6. The highest BCUT2D eigenvalue weighted by Crippen LogP contribution is 2.30. The van der Waals surface area contributed by atoms with E-state index in [0.717, 1.165) is 16.8 Å². The second-order valence-electron chi connectivity index (χ2n) is 5.02. The number of hydrogen-bond acceptors (Lipinski definition) is 4. The van der Waals surface area contributed by atoms with Crippen LogP contribution in [0.1, 0.15) is 22.1 Å². The van der Waals surface area contributed by atoms with Crippen LogP contribution in [0.15, 0.2) is 54.9 Å². The minimum atomic E-state index is -0.371. The fraction of sp³-hybridized carbons (Fsp3) is 0.0625. The second kappa shape index (κ2) is 5.00. The summed E-state index contributed by atoms with van der Waals surface area (Å²) < 4.78 is 0. The van der Waals surface area contributed by atoms with Crippen LogP contribution < -0.4 is 10.6 Å². The van der Waals surface area contributed by atoms with Crippen molar-refractivity contribution in [2.75, 3.05) is 5.32 Å². The number of fused-ring (bicyclic) bond motifs is 1. The number of aromatic amines is 1. The van der Waals surface area contributed by atoms with Crippen molar-refractivity contribution >= 4 is 11.7 Å². The average Bonchev–Trinajstić information content (AvgIpc) is 3.05. The average molecular weight is 291 g/mol. The number of nitrogens with zero attached hydrogens (tertiary/aromatic N) is 2. The van der Waals surface area contributed by atoms with Gasteiger partial charge in [0, 0.05) is 11.8 Å². The summed E-state index contributed by atoms with van der Waals surface area (Å²) in [7, 11) is 0. The first-order chi connectivity index (χ1) is 10.8. The third-order valence-electron chi connectivity index (χ3n) is 3.65. The summed E-state index contributed by atoms with van der Waals surface area (Å²) in [5.41, 5.74) is 3.30. The molecule has 6 nitrogen and oxygen atoms in total. The Hall–Kier alpha value is -3.15. The van der Waals surface area contributed by atoms with Crippen LogP contribution in [0.25, 0.3) is 11.3 Å². The Morgan fingerprint density at radius 2 is 1.86 bits per heavy atom. The first-order valence-electron chi connectivity index (χ1n) is 6.94. The number of carbonyl (C=O) groups is 1. The van der Waals surface area contributed by atoms with Crippen molar-refractivity contribution in [3.05, 3.63) is 66.0 Å². The number of pyridine rings is 1. The predicted octanol–water partition coefficient (Wildman–Crippen LogP) is 2.33. The first kappa shape index (κ1) is 12.6. The van der Waals surface area contributed by atoms with Gasteiger partial charge in [-0.05, 0) is 17.7 Å². The Morgan fingerprint density at radius 3 is 2.73 bits per heavy atom. The third kappa shape index (κ3) is 2.01. The van der Waals surface area contributed by atoms with Crippen LogP contribution in [-0.4, -0.2) is 21.1 Å². The molecule has 1 aliphatic rings. The lowest BCUT2D eigenvalue weighted by molar-refractivity contribution is 0.0935. The van der Waals surface area contributed by atoms with E-state index in [0.29, 0.717) is 11.4 Å². The van der Waals surface area contributed by atoms with E-state index < -0.39 is 0 Å². The summed E-state index contributed by atoms with van der Waals surface area (Å²) in [5, 5.41) is 13.3. The summed E-state index contributed by atoms with van der Waals surface area (Å²) in [6.45, 7) is 0. The molecule has 0 bridgehead atoms. The highest BCUT2D eigenvalue weighted by Gasteiger charge is 2.27. The van der Waals surface area contributed by atoms with Crippen molar-refractivity contribution in [2.45, 2.75) is 6.17 Å². The molecule has 0 radical (unpaired) electrons. The first-order valence-corrected chi connectivity index (χ1v) is 6.94. The SMILES string of the molecule is O=C1NC(c2cn[nH]c2-c2ccccc2)Nc2ncccc21. The molecular weight excluding hydrogens is 278 g/mol. The van der Waals surface area contributed by atoms with Crippen LogP contribution in [-0.2, 0) is 0 Å². The Bertz CT molecular complexity index is 827. The van der Waals surface area contributed by atoms with Gasteiger partial charge in [-0.2, -0.15) is 5.10 Å². The van der Waals surface area contributed by atoms with Crippen LogP contribution in [0.3, 0.4) is 0 Å². The normalized spacial score (nSPS) is 16.5. The van der Waals surface area contributed by atoms with Crippen molar-refractivity contribution in [1.29, 1.82) is 0 Å². The lowest BCUT2D eigenvalue weighted by atomic mass is 10.0. The lowest BCUT2D eigenvalue weighted by Crippen LogP contribution is -2.38. The molecule has 3 N–H and O–H groups in total. The molecule has 22 heavy (non-hydrogen) atoms. The number of carbonyl (C=O) groups excluding carboxylic acids is 1. The smallest absolute Gasteiger partial charge is 0.256 e. The second-order valence-corrected chi connectivity index (χ2v) is 5.02. The lowest BCUT2D eigenvalue weighted by Gasteiger charge is -2.26. The maximum Gasteiger partial charge on any atom is 0.256 e. The number of rotatable bonds is 2. The number of hydrogen-bond donors (Lipinski definition) is 3. The van der Waals surface area contributed by atoms with Crippen LogP contribution in [0.4, 0.5) is 5.82 Å². The van der Waals surface area contributed by atoms with Crippen molar-refractivity contribution < 1.29 is 4.79 Å². The van der Waals surface area contributed by atoms with E-state index in [4.69, 9.17) is 0 Å². The maximum atomic E-state index is 12.2. The van der Waals surface area contributed by atoms with E-state index >= 15 is 0 Å². The van der Waals surface area contributed by atoms with E-state index in [-0.39, 0.29) is 12.1 Å². The molecule has 1 amide bonds. The molecule has 0 saturated carbocycles. The van der Waals surface area contributed by atoms with Gasteiger partial charge in [0.25, 0.3) is 5.91 Å². The van der Waals surface area contributed by atoms with E-state index in [1.165, 1.54) is 0 Å². The maximum absolute atomic E-state index is 12.2. The molecule has 0 fully saturated rings. The molecule has 0 saturated heterocycles. The zero-order valence-corrected chi connectivity index (χ0v) is 11.6. The Balaban J connectivity index is 1.73. The number of anilines is 1. The number of benzene rings is 1. The molecule has 1 aromatic carbocycles. The van der Waals surface area contributed by atoms with Crippen LogP contribution in [0.2, 0.25) is 0 Å². The fourth-order valence-electron chi connectivity index (χ4n) is 2.59. The standard InChI is InChI=1S/C16H13N5O/c22-16-11-7-4-8-17-14(11)19-15(20-16)12-9-18-21-13(12)10-5-2-1-3-6-10/h1-9,15H,(H,17,19)(H,18,21)(H,20,22). The van der Waals surface area contributed by atoms with Gasteiger partial charge in [-0.15, -0.1) is 0 Å². The van der Waals surface area contributed by atoms with E-state index in [1.807, 2.05) is 30.3 Å². The highest BCUT2D eigenvalue weighted by molar-refractivity contribution is 6.00. The van der Waals surface area contributed by atoms with Gasteiger partial charge in [0.1, 0.15) is 12.0 Å². The highest BCUT2D eigenvalue weighted by atomic mass is 16.2. The van der Waals surface area contributed by atoms with Crippen molar-refractivity contribution in [2.24, 2.45) is 0 Å². The monoisotopic (exact) mass is 291 g/mol. The minimum absolute atomic E-state index is 0.146. The quantitative estimate of drug-likeness (QED) is 0.676. The van der Waals surface area contributed by atoms with Crippen molar-refractivity contribution in [3.8, 4) is 11.3 Å². The number of aromatic nitrogens is 3. The fourth-order valence-corrected chi connectivity index (χ4v) is 2.59. The molecule has 6 heteroatoms. The van der Waals surface area contributed by atoms with E-state index in [9.17, 15) is 4.79 Å². The molecule has 108 valence electrons. The Kier molecular flexibility index (Phi) is 2.86. The van der Waals surface area contributed by atoms with Gasteiger partial charge < -0.3 is 10.6 Å². The molecule has 1 atom stereocenters. The molecule has 4 rings (SSSR count). The van der Waals surface area contributed by atoms with Crippen LogP contribution in [0, 0.1) is 0 Å². The molecule has 2 aromatic heterocycles. The zero-order chi connectivity index (χ0) is 14.9. The molecule has 1 aliphatic heterocycles. The minimum Gasteiger partial charge on any atom is -0.345 e. The topological polar surface area (TPSA) is 82.7 Å². The third-order valence-corrected chi connectivity index (χ3v) is 3.65. The van der Waals surface area contributed by atoms with Gasteiger partial charge in [-0.1, -0.05) is 30.3 Å². The largest absolute Gasteiger partial charge is 0.345 e. The van der Waals surface area contributed by atoms with Crippen LogP contribution >= 0.6 is 0 Å². The number of amides is 1. The van der Waals surface area contributed by atoms with E-state index in [1.54, 1.807) is 24.5 Å². The van der Waals surface area contributed by atoms with Gasteiger partial charge in [0.15, 0.2) is 0 Å². The van der Waals surface area contributed by atoms with Gasteiger partial charge in [-0.3, -0.25) is 9.89 Å². The van der Waals surface area contributed by atoms with Gasteiger partial charge in [0.2, 0.25) is 0 Å². The molecule has 0 spiro atoms. The predicted molar refractivity (Wildman–Crippen MR) is 82.1 cm³/mol. The Morgan fingerprint density at radius 1 is 1.00 bits per heavy atom. The number of nitrogens with one attached hydrogen (secondary N) is 3. The van der Waals surface area contributed by atoms with E-state index in [2.05, 4.69) is 25.8 Å². The summed E-state index contributed by atoms with van der Waals surface area (Å²) >= 11 is 0. The number of H-pyrrole nitrogens is 1. The molecule has 3 aromatic rings. The van der Waals surface area contributed by atoms with Crippen molar-refractivity contribution in [1.82, 2.24) is 20.5 Å². The van der Waals surface area contributed by atoms with Gasteiger partial charge >= 0.3 is 0 Å². The van der Waals surface area contributed by atoms with Gasteiger partial charge in [-0.25, -0.2) is 4.98 Å². The summed E-state index contributed by atoms with van der Waals surface area (Å²) in [6.07, 6.45) is 3.01. The molecule has 3 heterocycles. The van der Waals surface area contributed by atoms with Gasteiger partial charge in [0.05, 0.1) is 17.5 Å².